The van der Waals surface area contributed by atoms with Gasteiger partial charge in [-0.25, -0.2) is 0 Å². The van der Waals surface area contributed by atoms with Gasteiger partial charge in [-0.3, -0.25) is 9.69 Å². The molecule has 1 aliphatic heterocycles. The van der Waals surface area contributed by atoms with E-state index >= 15 is 0 Å². The second-order valence-corrected chi connectivity index (χ2v) is 5.67. The van der Waals surface area contributed by atoms with Gasteiger partial charge in [0.05, 0.1) is 6.61 Å². The predicted molar refractivity (Wildman–Crippen MR) is 77.7 cm³/mol. The molecule has 5 heteroatoms. The maximum absolute atomic E-state index is 11.6. The smallest absolute Gasteiger partial charge is 0.224 e. The third-order valence-corrected chi connectivity index (χ3v) is 3.90. The van der Waals surface area contributed by atoms with E-state index in [9.17, 15) is 4.79 Å². The van der Waals surface area contributed by atoms with E-state index in [1.54, 1.807) is 0 Å². The molecule has 0 aliphatic carbocycles. The van der Waals surface area contributed by atoms with Crippen LogP contribution < -0.4 is 0 Å². The number of benzene rings is 1. The Kier molecular flexibility index (Phi) is 5.36. The fraction of sp³-hybridized carbons (Fsp3) is 0.500. The number of carbonyl (C=O) groups is 1. The van der Waals surface area contributed by atoms with Crippen molar-refractivity contribution < 1.29 is 9.90 Å². The number of aliphatic hydroxyl groups excluding tert-OH is 1. The highest BCUT2D eigenvalue weighted by atomic mass is 79.9. The van der Waals surface area contributed by atoms with E-state index < -0.39 is 0 Å². The zero-order chi connectivity index (χ0) is 13.7. The lowest BCUT2D eigenvalue weighted by Gasteiger charge is -2.34. The van der Waals surface area contributed by atoms with Gasteiger partial charge >= 0.3 is 0 Å². The van der Waals surface area contributed by atoms with Crippen molar-refractivity contribution in [3.63, 3.8) is 0 Å². The Balaban J connectivity index is 1.80. The second kappa shape index (κ2) is 7.03. The lowest BCUT2D eigenvalue weighted by atomic mass is 10.2. The Labute approximate surface area is 122 Å². The zero-order valence-corrected chi connectivity index (χ0v) is 12.5. The molecular weight excluding hydrogens is 308 g/mol. The van der Waals surface area contributed by atoms with Gasteiger partial charge in [-0.2, -0.15) is 0 Å². The molecule has 19 heavy (non-hydrogen) atoms. The minimum Gasteiger partial charge on any atom is -0.396 e. The van der Waals surface area contributed by atoms with Gasteiger partial charge in [0, 0.05) is 43.6 Å². The first kappa shape index (κ1) is 14.5. The molecule has 0 aromatic heterocycles. The molecule has 1 N–H and O–H groups in total. The average molecular weight is 327 g/mol. The second-order valence-electron chi connectivity index (χ2n) is 4.76. The quantitative estimate of drug-likeness (QED) is 0.911. The fourth-order valence-electron chi connectivity index (χ4n) is 2.26. The highest BCUT2D eigenvalue weighted by Gasteiger charge is 2.20. The Bertz CT molecular complexity index is 414. The van der Waals surface area contributed by atoms with Crippen LogP contribution in [0.4, 0.5) is 0 Å². The van der Waals surface area contributed by atoms with Gasteiger partial charge in [-0.1, -0.05) is 28.1 Å². The topological polar surface area (TPSA) is 43.8 Å². The molecule has 1 amide bonds. The summed E-state index contributed by atoms with van der Waals surface area (Å²) in [5.41, 5.74) is 1.29. The fourth-order valence-corrected chi connectivity index (χ4v) is 2.52. The average Bonchev–Trinajstić information content (AvgIpc) is 2.42. The molecule has 0 atom stereocenters. The highest BCUT2D eigenvalue weighted by molar-refractivity contribution is 9.10. The van der Waals surface area contributed by atoms with Crippen LogP contribution in [0.15, 0.2) is 28.7 Å². The number of aliphatic hydroxyl groups is 1. The normalized spacial score (nSPS) is 16.6. The van der Waals surface area contributed by atoms with Gasteiger partial charge in [0.1, 0.15) is 0 Å². The van der Waals surface area contributed by atoms with E-state index in [-0.39, 0.29) is 18.9 Å². The maximum atomic E-state index is 11.6. The predicted octanol–water partition coefficient (Wildman–Crippen LogP) is 1.48. The van der Waals surface area contributed by atoms with E-state index in [2.05, 4.69) is 45.1 Å². The molecule has 1 aromatic carbocycles. The van der Waals surface area contributed by atoms with Crippen molar-refractivity contribution in [1.82, 2.24) is 9.80 Å². The van der Waals surface area contributed by atoms with E-state index in [1.165, 1.54) is 5.56 Å². The molecule has 0 radical (unpaired) electrons. The first-order valence-electron chi connectivity index (χ1n) is 6.54. The van der Waals surface area contributed by atoms with Crippen LogP contribution in [-0.2, 0) is 11.3 Å². The van der Waals surface area contributed by atoms with E-state index in [4.69, 9.17) is 5.11 Å². The molecule has 104 valence electrons. The summed E-state index contributed by atoms with van der Waals surface area (Å²) in [6.07, 6.45) is 0.243. The van der Waals surface area contributed by atoms with Crippen molar-refractivity contribution in [1.29, 1.82) is 0 Å². The molecule has 4 nitrogen and oxygen atoms in total. The molecule has 1 aliphatic rings. The first-order valence-corrected chi connectivity index (χ1v) is 7.34. The Hall–Kier alpha value is -0.910. The highest BCUT2D eigenvalue weighted by Crippen LogP contribution is 2.13. The lowest BCUT2D eigenvalue weighted by molar-refractivity contribution is -0.133. The Morgan fingerprint density at radius 1 is 1.16 bits per heavy atom. The van der Waals surface area contributed by atoms with Crippen LogP contribution >= 0.6 is 15.9 Å². The third kappa shape index (κ3) is 4.30. The number of halogens is 1. The molecule has 1 fully saturated rings. The first-order chi connectivity index (χ1) is 9.19. The standard InChI is InChI=1S/C14H19BrN2O2/c15-13-3-1-12(2-4-13)11-16-6-8-17(9-7-16)14(19)5-10-18/h1-4,18H,5-11H2. The van der Waals surface area contributed by atoms with Crippen LogP contribution in [0.5, 0.6) is 0 Å². The van der Waals surface area contributed by atoms with Crippen LogP contribution in [0.3, 0.4) is 0 Å². The largest absolute Gasteiger partial charge is 0.396 e. The molecule has 0 unspecified atom stereocenters. The molecule has 1 aromatic rings. The number of piperazine rings is 1. The SMILES string of the molecule is O=C(CCO)N1CCN(Cc2ccc(Br)cc2)CC1. The van der Waals surface area contributed by atoms with Crippen molar-refractivity contribution >= 4 is 21.8 Å². The number of carbonyl (C=O) groups excluding carboxylic acids is 1. The third-order valence-electron chi connectivity index (χ3n) is 3.37. The minimum absolute atomic E-state index is 0.0576. The summed E-state index contributed by atoms with van der Waals surface area (Å²) in [6.45, 7) is 4.18. The Morgan fingerprint density at radius 3 is 2.37 bits per heavy atom. The van der Waals surface area contributed by atoms with Crippen molar-refractivity contribution in [2.45, 2.75) is 13.0 Å². The zero-order valence-electron chi connectivity index (χ0n) is 10.9. The van der Waals surface area contributed by atoms with E-state index in [1.807, 2.05) is 4.90 Å². The van der Waals surface area contributed by atoms with Gasteiger partial charge < -0.3 is 10.0 Å². The summed E-state index contributed by atoms with van der Waals surface area (Å²) < 4.78 is 1.09. The number of hydrogen-bond acceptors (Lipinski definition) is 3. The summed E-state index contributed by atoms with van der Waals surface area (Å²) in [4.78, 5) is 15.8. The number of nitrogens with zero attached hydrogens (tertiary/aromatic N) is 2. The van der Waals surface area contributed by atoms with Crippen LogP contribution in [0.25, 0.3) is 0 Å². The summed E-state index contributed by atoms with van der Waals surface area (Å²) in [7, 11) is 0. The molecule has 0 spiro atoms. The van der Waals surface area contributed by atoms with E-state index in [0.29, 0.717) is 0 Å². The maximum Gasteiger partial charge on any atom is 0.224 e. The lowest BCUT2D eigenvalue weighted by Crippen LogP contribution is -2.48. The molecular formula is C14H19BrN2O2. The Morgan fingerprint density at radius 2 is 1.79 bits per heavy atom. The van der Waals surface area contributed by atoms with Crippen molar-refractivity contribution in [2.24, 2.45) is 0 Å². The van der Waals surface area contributed by atoms with Crippen LogP contribution in [0.2, 0.25) is 0 Å². The van der Waals surface area contributed by atoms with Gasteiger partial charge in [0.2, 0.25) is 5.91 Å². The molecule has 1 heterocycles. The molecule has 2 rings (SSSR count). The van der Waals surface area contributed by atoms with Gasteiger partial charge in [-0.15, -0.1) is 0 Å². The summed E-state index contributed by atoms with van der Waals surface area (Å²) in [5, 5.41) is 8.77. The van der Waals surface area contributed by atoms with Gasteiger partial charge in [0.15, 0.2) is 0 Å². The van der Waals surface area contributed by atoms with Crippen molar-refractivity contribution in [3.05, 3.63) is 34.3 Å². The number of hydrogen-bond donors (Lipinski definition) is 1. The number of rotatable bonds is 4. The van der Waals surface area contributed by atoms with Crippen molar-refractivity contribution in [3.8, 4) is 0 Å². The number of amides is 1. The van der Waals surface area contributed by atoms with Gasteiger partial charge in [-0.05, 0) is 17.7 Å². The van der Waals surface area contributed by atoms with Gasteiger partial charge in [0.25, 0.3) is 0 Å². The molecule has 0 bridgehead atoms. The summed E-state index contributed by atoms with van der Waals surface area (Å²) >= 11 is 3.43. The van der Waals surface area contributed by atoms with E-state index in [0.717, 1.165) is 37.2 Å². The monoisotopic (exact) mass is 326 g/mol. The molecule has 1 saturated heterocycles. The van der Waals surface area contributed by atoms with Crippen LogP contribution in [0, 0.1) is 0 Å². The van der Waals surface area contributed by atoms with Crippen LogP contribution in [-0.4, -0.2) is 53.6 Å². The minimum atomic E-state index is -0.0576. The van der Waals surface area contributed by atoms with Crippen molar-refractivity contribution in [2.75, 3.05) is 32.8 Å². The summed E-state index contributed by atoms with van der Waals surface area (Å²) in [5.74, 6) is 0.0609. The molecule has 0 saturated carbocycles. The van der Waals surface area contributed by atoms with Crippen LogP contribution in [0.1, 0.15) is 12.0 Å². The summed E-state index contributed by atoms with van der Waals surface area (Å²) in [6, 6.07) is 8.34.